The molecule has 0 radical (unpaired) electrons. The number of Topliss-reactive ketones (excluding diaryl/α,β-unsaturated/α-hetero) is 1. The SMILES string of the molecule is C=CCC(=O)CCCCN. The van der Waals surface area contributed by atoms with Gasteiger partial charge in [0.2, 0.25) is 0 Å². The highest BCUT2D eigenvalue weighted by atomic mass is 16.1. The molecule has 0 atom stereocenters. The third kappa shape index (κ3) is 5.51. The van der Waals surface area contributed by atoms with E-state index in [-0.39, 0.29) is 5.78 Å². The molecule has 2 heteroatoms. The Kier molecular flexibility index (Phi) is 6.08. The monoisotopic (exact) mass is 141 g/mol. The van der Waals surface area contributed by atoms with Crippen LogP contribution >= 0.6 is 0 Å². The zero-order chi connectivity index (χ0) is 7.82. The van der Waals surface area contributed by atoms with Crippen molar-refractivity contribution < 1.29 is 4.79 Å². The lowest BCUT2D eigenvalue weighted by Crippen LogP contribution is -2.01. The van der Waals surface area contributed by atoms with E-state index in [4.69, 9.17) is 5.73 Å². The number of allylic oxidation sites excluding steroid dienone is 1. The van der Waals surface area contributed by atoms with Crippen LogP contribution in [0.4, 0.5) is 0 Å². The molecule has 0 fully saturated rings. The lowest BCUT2D eigenvalue weighted by molar-refractivity contribution is -0.118. The van der Waals surface area contributed by atoms with Crippen LogP contribution in [0.1, 0.15) is 25.7 Å². The topological polar surface area (TPSA) is 43.1 Å². The van der Waals surface area contributed by atoms with Gasteiger partial charge in [-0.3, -0.25) is 4.79 Å². The average Bonchev–Trinajstić information content (AvgIpc) is 1.89. The Labute approximate surface area is 62.1 Å². The minimum absolute atomic E-state index is 0.267. The van der Waals surface area contributed by atoms with E-state index in [2.05, 4.69) is 6.58 Å². The predicted molar refractivity (Wildman–Crippen MR) is 42.7 cm³/mol. The van der Waals surface area contributed by atoms with E-state index in [0.29, 0.717) is 19.4 Å². The second kappa shape index (κ2) is 6.49. The summed E-state index contributed by atoms with van der Waals surface area (Å²) in [5, 5.41) is 0. The van der Waals surface area contributed by atoms with E-state index in [1.54, 1.807) is 6.08 Å². The van der Waals surface area contributed by atoms with Gasteiger partial charge in [0, 0.05) is 12.8 Å². The fourth-order valence-electron chi connectivity index (χ4n) is 0.730. The summed E-state index contributed by atoms with van der Waals surface area (Å²) in [4.78, 5) is 10.8. The summed E-state index contributed by atoms with van der Waals surface area (Å²) in [6, 6.07) is 0. The molecule has 58 valence electrons. The molecule has 2 nitrogen and oxygen atoms in total. The van der Waals surface area contributed by atoms with Crippen LogP contribution in [0.5, 0.6) is 0 Å². The van der Waals surface area contributed by atoms with Crippen molar-refractivity contribution in [2.24, 2.45) is 5.73 Å². The largest absolute Gasteiger partial charge is 0.330 e. The van der Waals surface area contributed by atoms with Gasteiger partial charge in [-0.1, -0.05) is 6.08 Å². The molecule has 0 amide bonds. The van der Waals surface area contributed by atoms with E-state index < -0.39 is 0 Å². The van der Waals surface area contributed by atoms with Gasteiger partial charge in [0.1, 0.15) is 5.78 Å². The Hall–Kier alpha value is -0.630. The Morgan fingerprint density at radius 1 is 1.50 bits per heavy atom. The molecule has 0 aromatic rings. The zero-order valence-corrected chi connectivity index (χ0v) is 6.31. The molecule has 0 aliphatic carbocycles. The molecule has 0 bridgehead atoms. The average molecular weight is 141 g/mol. The Balaban J connectivity index is 3.13. The maximum absolute atomic E-state index is 10.8. The summed E-state index contributed by atoms with van der Waals surface area (Å²) in [6.45, 7) is 4.17. The fraction of sp³-hybridized carbons (Fsp3) is 0.625. The van der Waals surface area contributed by atoms with Crippen molar-refractivity contribution in [1.29, 1.82) is 0 Å². The van der Waals surface area contributed by atoms with Gasteiger partial charge in [-0.25, -0.2) is 0 Å². The number of ketones is 1. The van der Waals surface area contributed by atoms with Crippen LogP contribution < -0.4 is 5.73 Å². The third-order valence-electron chi connectivity index (χ3n) is 1.28. The molecule has 0 aliphatic heterocycles. The van der Waals surface area contributed by atoms with E-state index in [0.717, 1.165) is 12.8 Å². The third-order valence-corrected chi connectivity index (χ3v) is 1.28. The van der Waals surface area contributed by atoms with Crippen LogP contribution in [0.15, 0.2) is 12.7 Å². The van der Waals surface area contributed by atoms with Gasteiger partial charge in [0.25, 0.3) is 0 Å². The van der Waals surface area contributed by atoms with Crippen LogP contribution in [-0.4, -0.2) is 12.3 Å². The van der Waals surface area contributed by atoms with Crippen molar-refractivity contribution in [3.63, 3.8) is 0 Å². The van der Waals surface area contributed by atoms with Gasteiger partial charge in [0.15, 0.2) is 0 Å². The van der Waals surface area contributed by atoms with Crippen molar-refractivity contribution in [1.82, 2.24) is 0 Å². The van der Waals surface area contributed by atoms with Gasteiger partial charge in [-0.15, -0.1) is 6.58 Å². The van der Waals surface area contributed by atoms with Gasteiger partial charge in [-0.2, -0.15) is 0 Å². The quantitative estimate of drug-likeness (QED) is 0.447. The molecule has 0 spiro atoms. The normalized spacial score (nSPS) is 9.30. The smallest absolute Gasteiger partial charge is 0.136 e. The molecule has 0 aliphatic rings. The number of unbranched alkanes of at least 4 members (excludes halogenated alkanes) is 1. The van der Waals surface area contributed by atoms with Crippen molar-refractivity contribution >= 4 is 5.78 Å². The van der Waals surface area contributed by atoms with Crippen molar-refractivity contribution in [2.45, 2.75) is 25.7 Å². The summed E-state index contributed by atoms with van der Waals surface area (Å²) < 4.78 is 0. The molecule has 10 heavy (non-hydrogen) atoms. The Morgan fingerprint density at radius 2 is 2.20 bits per heavy atom. The van der Waals surface area contributed by atoms with Crippen molar-refractivity contribution in [3.8, 4) is 0 Å². The molecule has 0 saturated heterocycles. The molecule has 0 aromatic heterocycles. The van der Waals surface area contributed by atoms with E-state index in [1.165, 1.54) is 0 Å². The van der Waals surface area contributed by atoms with Crippen LogP contribution in [0.2, 0.25) is 0 Å². The number of hydrogen-bond donors (Lipinski definition) is 1. The van der Waals surface area contributed by atoms with Crippen LogP contribution in [0.25, 0.3) is 0 Å². The van der Waals surface area contributed by atoms with Crippen molar-refractivity contribution in [2.75, 3.05) is 6.54 Å². The number of carbonyl (C=O) groups is 1. The minimum Gasteiger partial charge on any atom is -0.330 e. The van der Waals surface area contributed by atoms with Gasteiger partial charge in [-0.05, 0) is 19.4 Å². The molecular weight excluding hydrogens is 126 g/mol. The highest BCUT2D eigenvalue weighted by Crippen LogP contribution is 1.97. The molecule has 0 aromatic carbocycles. The number of nitrogens with two attached hydrogens (primary N) is 1. The molecule has 0 rings (SSSR count). The number of rotatable bonds is 6. The standard InChI is InChI=1S/C8H15NO/c1-2-5-8(10)6-3-4-7-9/h2H,1,3-7,9H2. The maximum atomic E-state index is 10.8. The maximum Gasteiger partial charge on any atom is 0.136 e. The first-order valence-corrected chi connectivity index (χ1v) is 3.64. The molecule has 0 saturated carbocycles. The fourth-order valence-corrected chi connectivity index (χ4v) is 0.730. The summed E-state index contributed by atoms with van der Waals surface area (Å²) in [5.41, 5.74) is 5.26. The highest BCUT2D eigenvalue weighted by Gasteiger charge is 1.96. The number of carbonyl (C=O) groups excluding carboxylic acids is 1. The second-order valence-corrected chi connectivity index (χ2v) is 2.28. The lowest BCUT2D eigenvalue weighted by Gasteiger charge is -1.94. The summed E-state index contributed by atoms with van der Waals surface area (Å²) in [5.74, 6) is 0.267. The predicted octanol–water partition coefficient (Wildman–Crippen LogP) is 1.26. The van der Waals surface area contributed by atoms with E-state index in [9.17, 15) is 4.79 Å². The summed E-state index contributed by atoms with van der Waals surface area (Å²) in [6.07, 6.45) is 4.67. The van der Waals surface area contributed by atoms with Gasteiger partial charge < -0.3 is 5.73 Å². The molecule has 0 unspecified atom stereocenters. The van der Waals surface area contributed by atoms with Crippen LogP contribution in [0.3, 0.4) is 0 Å². The summed E-state index contributed by atoms with van der Waals surface area (Å²) >= 11 is 0. The van der Waals surface area contributed by atoms with E-state index in [1.807, 2.05) is 0 Å². The first-order valence-electron chi connectivity index (χ1n) is 3.64. The Morgan fingerprint density at radius 3 is 2.70 bits per heavy atom. The minimum atomic E-state index is 0.267. The van der Waals surface area contributed by atoms with Crippen LogP contribution in [0, 0.1) is 0 Å². The van der Waals surface area contributed by atoms with Crippen molar-refractivity contribution in [3.05, 3.63) is 12.7 Å². The van der Waals surface area contributed by atoms with Gasteiger partial charge in [0.05, 0.1) is 0 Å². The first kappa shape index (κ1) is 9.37. The molecule has 0 heterocycles. The zero-order valence-electron chi connectivity index (χ0n) is 6.31. The number of hydrogen-bond acceptors (Lipinski definition) is 2. The lowest BCUT2D eigenvalue weighted by atomic mass is 10.1. The second-order valence-electron chi connectivity index (χ2n) is 2.28. The molecule has 2 N–H and O–H groups in total. The first-order chi connectivity index (χ1) is 4.81. The highest BCUT2D eigenvalue weighted by molar-refractivity contribution is 5.79. The van der Waals surface area contributed by atoms with E-state index >= 15 is 0 Å². The van der Waals surface area contributed by atoms with Gasteiger partial charge >= 0.3 is 0 Å². The summed E-state index contributed by atoms with van der Waals surface area (Å²) in [7, 11) is 0. The molecular formula is C8H15NO. The Bertz CT molecular complexity index is 110. The van der Waals surface area contributed by atoms with Crippen LogP contribution in [-0.2, 0) is 4.79 Å².